The number of amides is 3. The van der Waals surface area contributed by atoms with Gasteiger partial charge in [0.05, 0.1) is 45.4 Å². The van der Waals surface area contributed by atoms with Crippen molar-refractivity contribution in [2.75, 3.05) is 13.2 Å². The summed E-state index contributed by atoms with van der Waals surface area (Å²) in [4.78, 5) is 61.2. The summed E-state index contributed by atoms with van der Waals surface area (Å²) in [6.07, 6.45) is -0.226. The lowest BCUT2D eigenvalue weighted by atomic mass is 9.49. The number of aliphatic hydroxyl groups is 1. The average molecular weight is 975 g/mol. The van der Waals surface area contributed by atoms with Gasteiger partial charge in [0.15, 0.2) is 5.78 Å². The molecule has 1 saturated heterocycles. The molecule has 362 valence electrons. The van der Waals surface area contributed by atoms with Crippen LogP contribution in [0.1, 0.15) is 94.1 Å². The van der Waals surface area contributed by atoms with Crippen molar-refractivity contribution in [3.8, 4) is 33.8 Å². The van der Waals surface area contributed by atoms with E-state index in [4.69, 9.17) is 25.8 Å². The summed E-state index contributed by atoms with van der Waals surface area (Å²) >= 11 is 7.83. The Morgan fingerprint density at radius 2 is 1.55 bits per heavy atom. The first-order valence-corrected chi connectivity index (χ1v) is 24.3. The Bertz CT molecular complexity index is 2690. The number of carbonyl (C=O) groups excluding carboxylic acids is 4. The lowest BCUT2D eigenvalue weighted by Crippen LogP contribution is -2.74. The quantitative estimate of drug-likeness (QED) is 0.0813. The van der Waals surface area contributed by atoms with E-state index < -0.39 is 46.2 Å². The summed E-state index contributed by atoms with van der Waals surface area (Å²) in [5.74, 6) is 0.416. The van der Waals surface area contributed by atoms with Gasteiger partial charge in [-0.15, -0.1) is 11.3 Å². The molecule has 4 aromatic carbocycles. The van der Waals surface area contributed by atoms with Crippen LogP contribution in [0.5, 0.6) is 17.2 Å². The van der Waals surface area contributed by atoms with Crippen molar-refractivity contribution in [1.82, 2.24) is 20.5 Å². The van der Waals surface area contributed by atoms with Crippen LogP contribution in [0.3, 0.4) is 0 Å². The van der Waals surface area contributed by atoms with Crippen LogP contribution in [0.15, 0.2) is 96.5 Å². The van der Waals surface area contributed by atoms with E-state index in [9.17, 15) is 29.5 Å². The van der Waals surface area contributed by atoms with Gasteiger partial charge < -0.3 is 34.9 Å². The zero-order chi connectivity index (χ0) is 49.8. The zero-order valence-electron chi connectivity index (χ0n) is 40.3. The molecule has 0 bridgehead atoms. The third-order valence-corrected chi connectivity index (χ3v) is 14.5. The maximum absolute atomic E-state index is 14.1. The van der Waals surface area contributed by atoms with Gasteiger partial charge in [-0.25, -0.2) is 4.98 Å². The number of thiazole rings is 1. The highest BCUT2D eigenvalue weighted by atomic mass is 35.5. The number of aryl methyl sites for hydroxylation is 2. The topological polar surface area (TPSA) is 180 Å². The van der Waals surface area contributed by atoms with Gasteiger partial charge in [0.1, 0.15) is 42.1 Å². The number of β-amino-alcohol motifs (C(OH)–C–C–N with tert-alkyl or cyclic N) is 1. The number of aromatic nitrogens is 1. The van der Waals surface area contributed by atoms with Crippen LogP contribution < -0.4 is 20.1 Å². The number of hydrogen-bond donors (Lipinski definition) is 3. The highest BCUT2D eigenvalue weighted by Gasteiger charge is 2.64. The minimum absolute atomic E-state index is 0.00913. The van der Waals surface area contributed by atoms with Crippen LogP contribution in [0.2, 0.25) is 5.02 Å². The second kappa shape index (κ2) is 20.9. The van der Waals surface area contributed by atoms with Crippen LogP contribution in [-0.4, -0.2) is 82.0 Å². The first kappa shape index (κ1) is 50.8. The number of ketones is 1. The number of ether oxygens (including phenoxy) is 3. The van der Waals surface area contributed by atoms with Crippen molar-refractivity contribution in [3.05, 3.63) is 129 Å². The Labute approximate surface area is 413 Å². The van der Waals surface area contributed by atoms with Gasteiger partial charge in [0, 0.05) is 47.9 Å². The predicted octanol–water partition coefficient (Wildman–Crippen LogP) is 9.26. The van der Waals surface area contributed by atoms with Crippen molar-refractivity contribution in [1.29, 1.82) is 5.26 Å². The van der Waals surface area contributed by atoms with E-state index in [1.165, 1.54) is 4.90 Å². The fourth-order valence-corrected chi connectivity index (χ4v) is 10.8. The van der Waals surface area contributed by atoms with E-state index in [-0.39, 0.29) is 56.4 Å². The maximum Gasteiger partial charge on any atom is 0.251 e. The van der Waals surface area contributed by atoms with Crippen LogP contribution in [0.4, 0.5) is 0 Å². The van der Waals surface area contributed by atoms with Gasteiger partial charge >= 0.3 is 0 Å². The molecule has 7 rings (SSSR count). The summed E-state index contributed by atoms with van der Waals surface area (Å²) in [6, 6.07) is 27.2. The molecule has 2 aliphatic rings. The normalized spacial score (nSPS) is 19.7. The third-order valence-electron chi connectivity index (χ3n) is 13.2. The van der Waals surface area contributed by atoms with Crippen molar-refractivity contribution >= 4 is 46.4 Å². The SMILES string of the molecule is Cc1ncsc1-c1ccc(CCC(=O)[C@@H]2C[C@@H](O)CN2C(=O)[C@@H](NC(=O)COCc2ccc(Oc3ccc(C(=O)NC4C(C)(C)C(Oc5ccc(C#N)c(Cl)c5)C4(C)C)cc3)cc2)C(C)(C)C)cc1. The van der Waals surface area contributed by atoms with Gasteiger partial charge in [0.2, 0.25) is 11.8 Å². The Hall–Kier alpha value is -6.11. The smallest absolute Gasteiger partial charge is 0.251 e. The fourth-order valence-electron chi connectivity index (χ4n) is 9.75. The summed E-state index contributed by atoms with van der Waals surface area (Å²) < 4.78 is 18.2. The second-order valence-corrected chi connectivity index (χ2v) is 21.5. The van der Waals surface area contributed by atoms with Crippen molar-refractivity contribution < 1.29 is 38.5 Å². The number of nitrogens with zero attached hydrogens (tertiary/aromatic N) is 3. The molecule has 3 N–H and O–H groups in total. The summed E-state index contributed by atoms with van der Waals surface area (Å²) in [5, 5.41) is 26.2. The second-order valence-electron chi connectivity index (χ2n) is 20.3. The van der Waals surface area contributed by atoms with Crippen LogP contribution in [-0.2, 0) is 32.1 Å². The molecule has 2 heterocycles. The van der Waals surface area contributed by atoms with Crippen molar-refractivity contribution in [3.63, 3.8) is 0 Å². The molecule has 13 nitrogen and oxygen atoms in total. The van der Waals surface area contributed by atoms with Gasteiger partial charge in [-0.2, -0.15) is 5.26 Å². The minimum atomic E-state index is -0.963. The average Bonchev–Trinajstić information content (AvgIpc) is 3.93. The molecule has 15 heteroatoms. The van der Waals surface area contributed by atoms with E-state index in [0.717, 1.165) is 27.3 Å². The monoisotopic (exact) mass is 973 g/mol. The van der Waals surface area contributed by atoms with Crippen LogP contribution >= 0.6 is 22.9 Å². The van der Waals surface area contributed by atoms with E-state index in [1.54, 1.807) is 65.9 Å². The molecule has 3 atom stereocenters. The lowest BCUT2D eigenvalue weighted by molar-refractivity contribution is -0.164. The molecule has 5 aromatic rings. The molecule has 0 unspecified atom stereocenters. The Balaban J connectivity index is 0.859. The number of halogens is 1. The zero-order valence-corrected chi connectivity index (χ0v) is 41.9. The molecule has 0 spiro atoms. The first-order chi connectivity index (χ1) is 32.6. The van der Waals surface area contributed by atoms with Crippen LogP contribution in [0.25, 0.3) is 10.4 Å². The van der Waals surface area contributed by atoms with Crippen molar-refractivity contribution in [2.24, 2.45) is 16.2 Å². The minimum Gasteiger partial charge on any atom is -0.489 e. The number of nitriles is 1. The number of nitrogens with one attached hydrogen (secondary N) is 2. The molecule has 1 aliphatic carbocycles. The highest BCUT2D eigenvalue weighted by Crippen LogP contribution is 2.55. The van der Waals surface area contributed by atoms with E-state index in [0.29, 0.717) is 39.8 Å². The molecule has 0 radical (unpaired) electrons. The number of rotatable bonds is 17. The van der Waals surface area contributed by atoms with E-state index >= 15 is 0 Å². The summed E-state index contributed by atoms with van der Waals surface area (Å²) in [7, 11) is 0. The molecular weight excluding hydrogens is 914 g/mol. The van der Waals surface area contributed by atoms with Gasteiger partial charge in [-0.3, -0.25) is 19.2 Å². The Morgan fingerprint density at radius 3 is 2.14 bits per heavy atom. The first-order valence-electron chi connectivity index (χ1n) is 23.1. The molecule has 1 aliphatic heterocycles. The van der Waals surface area contributed by atoms with Gasteiger partial charge in [-0.1, -0.05) is 96.5 Å². The molecule has 3 amide bonds. The number of benzene rings is 4. The lowest BCUT2D eigenvalue weighted by Gasteiger charge is -2.63. The molecule has 1 aromatic heterocycles. The largest absolute Gasteiger partial charge is 0.489 e. The summed E-state index contributed by atoms with van der Waals surface area (Å²) in [5.41, 5.74) is 4.99. The molecule has 2 fully saturated rings. The van der Waals surface area contributed by atoms with Gasteiger partial charge in [0.25, 0.3) is 5.91 Å². The number of Topliss-reactive ketones (excluding diaryl/α,β-unsaturated/α-hetero) is 1. The number of likely N-dealkylation sites (tertiary alicyclic amines) is 1. The third kappa shape index (κ3) is 11.7. The molecule has 1 saturated carbocycles. The molecule has 69 heavy (non-hydrogen) atoms. The van der Waals surface area contributed by atoms with Crippen molar-refractivity contribution in [2.45, 2.75) is 112 Å². The van der Waals surface area contributed by atoms with Gasteiger partial charge in [-0.05, 0) is 84.0 Å². The predicted molar refractivity (Wildman–Crippen MR) is 265 cm³/mol. The summed E-state index contributed by atoms with van der Waals surface area (Å²) in [6.45, 7) is 15.5. The standard InChI is InChI=1S/C54H60ClN5O8S/c1-32-46(69-31-57-32)35-14-9-33(10-15-35)13-24-44(62)43-25-38(61)28-60(43)49(65)47(52(2,3)4)58-45(63)30-66-29-34-11-19-39(20-12-34)67-40-21-16-36(17-22-40)48(64)59-50-53(5,6)51(54(50,7)8)68-41-23-18-37(27-56)42(55)26-41/h9-12,14-23,26,31,38,43,47,50-51,61H,13,24-25,28-30H2,1-8H3,(H,58,63)(H,59,64)/t38-,43+,47-,50?,51?/m1/s1. The number of carbonyl (C=O) groups is 4. The fraction of sp³-hybridized carbons (Fsp3) is 0.407. The van der Waals surface area contributed by atoms with E-state index in [2.05, 4.69) is 49.4 Å². The number of aliphatic hydroxyl groups excluding tert-OH is 1. The Kier molecular flexibility index (Phi) is 15.3. The maximum atomic E-state index is 14.1. The number of hydrogen-bond acceptors (Lipinski definition) is 11. The van der Waals surface area contributed by atoms with E-state index in [1.807, 2.05) is 69.6 Å². The highest BCUT2D eigenvalue weighted by molar-refractivity contribution is 7.13. The Morgan fingerprint density at radius 1 is 0.928 bits per heavy atom. The molecular formula is C54H60ClN5O8S. The van der Waals surface area contributed by atoms with Crippen LogP contribution in [0, 0.1) is 34.5 Å².